The van der Waals surface area contributed by atoms with E-state index < -0.39 is 12.1 Å². The molecular formula is C10H18O4. The minimum atomic E-state index is -0.944. The number of methoxy groups -OCH3 is 1. The summed E-state index contributed by atoms with van der Waals surface area (Å²) in [7, 11) is 1.48. The number of hydrogen-bond donors (Lipinski definition) is 1. The van der Waals surface area contributed by atoms with Gasteiger partial charge in [0.1, 0.15) is 0 Å². The number of aliphatic carboxylic acids is 1. The molecule has 0 aromatic heterocycles. The standard InChI is InChI=1S/C10H18O4/c1-13-7-9(10(11)12)14-6-5-8-3-2-4-8/h8-9H,2-7H2,1H3,(H,11,12). The minimum Gasteiger partial charge on any atom is -0.479 e. The quantitative estimate of drug-likeness (QED) is 0.676. The van der Waals surface area contributed by atoms with Gasteiger partial charge < -0.3 is 14.6 Å². The van der Waals surface area contributed by atoms with Gasteiger partial charge >= 0.3 is 5.97 Å². The molecule has 1 saturated carbocycles. The molecule has 1 aliphatic carbocycles. The van der Waals surface area contributed by atoms with Crippen molar-refractivity contribution in [1.29, 1.82) is 0 Å². The SMILES string of the molecule is COCC(OCCC1CCC1)C(=O)O. The zero-order valence-electron chi connectivity index (χ0n) is 8.57. The fraction of sp³-hybridized carbons (Fsp3) is 0.900. The van der Waals surface area contributed by atoms with Crippen molar-refractivity contribution >= 4 is 5.97 Å². The van der Waals surface area contributed by atoms with Crippen LogP contribution in [-0.4, -0.2) is 37.5 Å². The first-order valence-electron chi connectivity index (χ1n) is 5.07. The van der Waals surface area contributed by atoms with E-state index in [9.17, 15) is 4.79 Å². The van der Waals surface area contributed by atoms with Crippen molar-refractivity contribution in [2.75, 3.05) is 20.3 Å². The van der Waals surface area contributed by atoms with E-state index in [1.807, 2.05) is 0 Å². The lowest BCUT2D eigenvalue weighted by molar-refractivity contribution is -0.154. The Morgan fingerprint density at radius 3 is 2.71 bits per heavy atom. The molecule has 0 saturated heterocycles. The summed E-state index contributed by atoms with van der Waals surface area (Å²) in [4.78, 5) is 10.6. The number of ether oxygens (including phenoxy) is 2. The molecule has 0 aromatic carbocycles. The summed E-state index contributed by atoms with van der Waals surface area (Å²) in [6.07, 6.45) is 4.02. The summed E-state index contributed by atoms with van der Waals surface area (Å²) < 4.78 is 9.98. The second-order valence-corrected chi connectivity index (χ2v) is 3.74. The summed E-state index contributed by atoms with van der Waals surface area (Å²) in [6.45, 7) is 0.658. The highest BCUT2D eigenvalue weighted by molar-refractivity contribution is 5.72. The molecule has 0 bridgehead atoms. The topological polar surface area (TPSA) is 55.8 Å². The van der Waals surface area contributed by atoms with Gasteiger partial charge in [-0.05, 0) is 12.3 Å². The summed E-state index contributed by atoms with van der Waals surface area (Å²) in [5.74, 6) is -0.188. The van der Waals surface area contributed by atoms with Crippen LogP contribution in [-0.2, 0) is 14.3 Å². The lowest BCUT2D eigenvalue weighted by atomic mass is 9.83. The van der Waals surface area contributed by atoms with Crippen molar-refractivity contribution in [2.24, 2.45) is 5.92 Å². The maximum absolute atomic E-state index is 10.6. The number of carboxylic acids is 1. The van der Waals surface area contributed by atoms with Gasteiger partial charge in [0.15, 0.2) is 6.10 Å². The number of carboxylic acid groups (broad SMARTS) is 1. The van der Waals surface area contributed by atoms with E-state index in [2.05, 4.69) is 0 Å². The Morgan fingerprint density at radius 1 is 1.57 bits per heavy atom. The Morgan fingerprint density at radius 2 is 2.29 bits per heavy atom. The number of hydrogen-bond acceptors (Lipinski definition) is 3. The minimum absolute atomic E-state index is 0.125. The van der Waals surface area contributed by atoms with Crippen LogP contribution >= 0.6 is 0 Å². The van der Waals surface area contributed by atoms with Crippen molar-refractivity contribution in [3.05, 3.63) is 0 Å². The Labute approximate surface area is 84.2 Å². The van der Waals surface area contributed by atoms with Gasteiger partial charge in [-0.1, -0.05) is 19.3 Å². The summed E-state index contributed by atoms with van der Waals surface area (Å²) in [5, 5.41) is 8.74. The molecule has 82 valence electrons. The van der Waals surface area contributed by atoms with Crippen LogP contribution < -0.4 is 0 Å². The Bertz CT molecular complexity index is 177. The highest BCUT2D eigenvalue weighted by atomic mass is 16.5. The molecule has 0 aromatic rings. The second kappa shape index (κ2) is 5.98. The van der Waals surface area contributed by atoms with Crippen molar-refractivity contribution in [3.63, 3.8) is 0 Å². The van der Waals surface area contributed by atoms with Crippen molar-refractivity contribution < 1.29 is 19.4 Å². The van der Waals surface area contributed by atoms with E-state index >= 15 is 0 Å². The zero-order chi connectivity index (χ0) is 10.4. The molecule has 1 unspecified atom stereocenters. The lowest BCUT2D eigenvalue weighted by Crippen LogP contribution is -2.29. The van der Waals surface area contributed by atoms with Gasteiger partial charge in [-0.3, -0.25) is 0 Å². The van der Waals surface area contributed by atoms with Gasteiger partial charge in [-0.25, -0.2) is 4.79 Å². The van der Waals surface area contributed by atoms with Crippen LogP contribution in [0.5, 0.6) is 0 Å². The van der Waals surface area contributed by atoms with Gasteiger partial charge in [-0.15, -0.1) is 0 Å². The summed E-state index contributed by atoms with van der Waals surface area (Å²) in [6, 6.07) is 0. The van der Waals surface area contributed by atoms with E-state index in [1.54, 1.807) is 0 Å². The van der Waals surface area contributed by atoms with Gasteiger partial charge in [-0.2, -0.15) is 0 Å². The predicted molar refractivity (Wildman–Crippen MR) is 51.2 cm³/mol. The molecule has 14 heavy (non-hydrogen) atoms. The maximum Gasteiger partial charge on any atom is 0.335 e. The van der Waals surface area contributed by atoms with E-state index in [0.29, 0.717) is 6.61 Å². The molecule has 0 spiro atoms. The fourth-order valence-corrected chi connectivity index (χ4v) is 1.50. The van der Waals surface area contributed by atoms with Crippen LogP contribution in [0.25, 0.3) is 0 Å². The molecule has 1 aliphatic rings. The molecule has 0 radical (unpaired) electrons. The monoisotopic (exact) mass is 202 g/mol. The molecule has 1 atom stereocenters. The van der Waals surface area contributed by atoms with Crippen LogP contribution in [0.1, 0.15) is 25.7 Å². The summed E-state index contributed by atoms with van der Waals surface area (Å²) in [5.41, 5.74) is 0. The third-order valence-electron chi connectivity index (χ3n) is 2.66. The second-order valence-electron chi connectivity index (χ2n) is 3.74. The average Bonchev–Trinajstić information content (AvgIpc) is 2.06. The summed E-state index contributed by atoms with van der Waals surface area (Å²) >= 11 is 0. The lowest BCUT2D eigenvalue weighted by Gasteiger charge is -2.25. The fourth-order valence-electron chi connectivity index (χ4n) is 1.50. The van der Waals surface area contributed by atoms with E-state index in [0.717, 1.165) is 12.3 Å². The number of carbonyl (C=O) groups is 1. The molecule has 4 heteroatoms. The first-order valence-corrected chi connectivity index (χ1v) is 5.07. The third kappa shape index (κ3) is 3.64. The smallest absolute Gasteiger partial charge is 0.335 e. The van der Waals surface area contributed by atoms with Crippen molar-refractivity contribution in [2.45, 2.75) is 31.8 Å². The predicted octanol–water partition coefficient (Wildman–Crippen LogP) is 1.29. The van der Waals surface area contributed by atoms with Crippen LogP contribution in [0.4, 0.5) is 0 Å². The molecule has 0 aliphatic heterocycles. The van der Waals surface area contributed by atoms with Crippen molar-refractivity contribution in [3.8, 4) is 0 Å². The van der Waals surface area contributed by atoms with Gasteiger partial charge in [0.25, 0.3) is 0 Å². The Kier molecular flexibility index (Phi) is 4.90. The van der Waals surface area contributed by atoms with Crippen molar-refractivity contribution in [1.82, 2.24) is 0 Å². The Hall–Kier alpha value is -0.610. The van der Waals surface area contributed by atoms with Gasteiger partial charge in [0, 0.05) is 13.7 Å². The van der Waals surface area contributed by atoms with Crippen LogP contribution in [0.3, 0.4) is 0 Å². The molecule has 1 N–H and O–H groups in total. The molecule has 1 rings (SSSR count). The third-order valence-corrected chi connectivity index (χ3v) is 2.66. The van der Waals surface area contributed by atoms with Gasteiger partial charge in [0.2, 0.25) is 0 Å². The van der Waals surface area contributed by atoms with E-state index in [-0.39, 0.29) is 6.61 Å². The molecule has 0 amide bonds. The molecule has 0 heterocycles. The molecule has 1 fully saturated rings. The van der Waals surface area contributed by atoms with Gasteiger partial charge in [0.05, 0.1) is 6.61 Å². The van der Waals surface area contributed by atoms with Crippen LogP contribution in [0.15, 0.2) is 0 Å². The maximum atomic E-state index is 10.6. The first-order chi connectivity index (χ1) is 6.74. The zero-order valence-corrected chi connectivity index (χ0v) is 8.57. The first kappa shape index (κ1) is 11.5. The van der Waals surface area contributed by atoms with E-state index in [4.69, 9.17) is 14.6 Å². The highest BCUT2D eigenvalue weighted by Gasteiger charge is 2.20. The average molecular weight is 202 g/mol. The largest absolute Gasteiger partial charge is 0.479 e. The molecule has 4 nitrogen and oxygen atoms in total. The van der Waals surface area contributed by atoms with Crippen LogP contribution in [0, 0.1) is 5.92 Å². The number of rotatable bonds is 7. The highest BCUT2D eigenvalue weighted by Crippen LogP contribution is 2.29. The Balaban J connectivity index is 2.08. The normalized spacial score (nSPS) is 18.9. The van der Waals surface area contributed by atoms with Crippen LogP contribution in [0.2, 0.25) is 0 Å². The molecular weight excluding hydrogens is 184 g/mol. The van der Waals surface area contributed by atoms with E-state index in [1.165, 1.54) is 26.4 Å².